The van der Waals surface area contributed by atoms with Crippen molar-refractivity contribution in [1.82, 2.24) is 14.8 Å². The molecule has 0 bridgehead atoms. The Balaban J connectivity index is 0.874. The molecule has 2 aliphatic rings. The number of rotatable bonds is 11. The number of aromatic hydroxyl groups is 1. The summed E-state index contributed by atoms with van der Waals surface area (Å²) >= 11 is 1.73. The van der Waals surface area contributed by atoms with Crippen LogP contribution < -0.4 is 14.2 Å². The van der Waals surface area contributed by atoms with Crippen LogP contribution in [0.15, 0.2) is 89.9 Å². The molecule has 56 heavy (non-hydrogen) atoms. The summed E-state index contributed by atoms with van der Waals surface area (Å²) in [6, 6.07) is 24.0. The number of phenolic OH excluding ortho intramolecular Hbond substituents is 1. The average molecular weight is 775 g/mol. The van der Waals surface area contributed by atoms with Gasteiger partial charge in [-0.3, -0.25) is 9.56 Å². The third-order valence-corrected chi connectivity index (χ3v) is 11.3. The van der Waals surface area contributed by atoms with E-state index < -0.39 is 17.7 Å². The number of allylic oxidation sites excluding steroid dienone is 1. The quantitative estimate of drug-likeness (QED) is 0.131. The van der Waals surface area contributed by atoms with Crippen LogP contribution in [0.25, 0.3) is 16.1 Å². The van der Waals surface area contributed by atoms with Gasteiger partial charge in [0.25, 0.3) is 0 Å². The number of fused-ring (bicyclic) bond motifs is 4. The summed E-state index contributed by atoms with van der Waals surface area (Å²) in [5.74, 6) is 1.36. The van der Waals surface area contributed by atoms with Gasteiger partial charge in [-0.15, -0.1) is 21.5 Å². The number of hydrogen-bond acceptors (Lipinski definition) is 9. The third-order valence-electron chi connectivity index (χ3n) is 10.1. The van der Waals surface area contributed by atoms with Crippen molar-refractivity contribution in [2.24, 2.45) is 4.99 Å². The second-order valence-electron chi connectivity index (χ2n) is 13.8. The third kappa shape index (κ3) is 6.94. The maximum absolute atomic E-state index is 15.8. The van der Waals surface area contributed by atoms with Crippen LogP contribution in [0, 0.1) is 32.4 Å². The number of hydrogen-bond donors (Lipinski definition) is 1. The highest BCUT2D eigenvalue weighted by Crippen LogP contribution is 2.49. The predicted octanol–water partition coefficient (Wildman–Crippen LogP) is 9.69. The molecule has 8 rings (SSSR count). The molecule has 0 aliphatic carbocycles. The fraction of sp³-hybridized carbons (Fsp3) is 0.250. The van der Waals surface area contributed by atoms with Gasteiger partial charge in [0.05, 0.1) is 24.5 Å². The van der Waals surface area contributed by atoms with Crippen molar-refractivity contribution in [3.05, 3.63) is 146 Å². The van der Waals surface area contributed by atoms with Crippen LogP contribution in [-0.2, 0) is 4.74 Å². The second kappa shape index (κ2) is 15.4. The van der Waals surface area contributed by atoms with Gasteiger partial charge < -0.3 is 24.1 Å². The molecule has 9 nitrogen and oxygen atoms in total. The summed E-state index contributed by atoms with van der Waals surface area (Å²) < 4.78 is 57.4. The van der Waals surface area contributed by atoms with E-state index in [1.54, 1.807) is 24.3 Å². The van der Waals surface area contributed by atoms with Gasteiger partial charge in [-0.2, -0.15) is 0 Å². The normalized spacial score (nSPS) is 16.0. The fourth-order valence-corrected chi connectivity index (χ4v) is 8.46. The first kappa shape index (κ1) is 37.1. The topological polar surface area (TPSA) is 100 Å². The maximum atomic E-state index is 15.8. The number of nitrogens with zero attached hydrogens (tertiary/aromatic N) is 4. The van der Waals surface area contributed by atoms with E-state index in [4.69, 9.17) is 23.9 Å². The second-order valence-corrected chi connectivity index (χ2v) is 15.0. The summed E-state index contributed by atoms with van der Waals surface area (Å²) in [4.78, 5) is 6.33. The number of aryl methyl sites for hydroxylation is 2. The van der Waals surface area contributed by atoms with Gasteiger partial charge in [0.1, 0.15) is 70.8 Å². The van der Waals surface area contributed by atoms with E-state index >= 15 is 8.78 Å². The minimum absolute atomic E-state index is 0.0265. The van der Waals surface area contributed by atoms with Crippen molar-refractivity contribution >= 4 is 28.2 Å². The Morgan fingerprint density at radius 2 is 1.50 bits per heavy atom. The Bertz CT molecular complexity index is 2470. The zero-order chi connectivity index (χ0) is 39.1. The summed E-state index contributed by atoms with van der Waals surface area (Å²) in [5, 5.41) is 20.0. The van der Waals surface area contributed by atoms with Crippen molar-refractivity contribution < 1.29 is 32.8 Å². The number of aromatic nitrogens is 3. The number of thiophene rings is 1. The lowest BCUT2D eigenvalue weighted by molar-refractivity contribution is 0.0762. The molecule has 0 unspecified atom stereocenters. The average Bonchev–Trinajstić information content (AvgIpc) is 3.68. The standard InChI is InChI=1S/C44H40F2N4O5S/c1-24-27(4)56-44-39(24)41(47-26(3)43-49-48-28(5)50(43)44)29-11-14-32(15-12-29)53-19-17-52-18-20-54-33-22-35(45)40(36(46)23-33)38-25(2)34-21-31(51)13-16-37(34)55-42(38)30-9-7-6-8-10-30/h6-16,21-23,26,42,51H,17-20H2,1-5H3/t26-,42-/m0/s1. The Labute approximate surface area is 327 Å². The fourth-order valence-electron chi connectivity index (χ4n) is 7.24. The Morgan fingerprint density at radius 3 is 2.21 bits per heavy atom. The summed E-state index contributed by atoms with van der Waals surface area (Å²) in [6.07, 6.45) is -0.769. The van der Waals surface area contributed by atoms with Gasteiger partial charge in [0.2, 0.25) is 0 Å². The van der Waals surface area contributed by atoms with Crippen LogP contribution in [0.2, 0.25) is 0 Å². The van der Waals surface area contributed by atoms with Crippen LogP contribution >= 0.6 is 11.3 Å². The van der Waals surface area contributed by atoms with Crippen molar-refractivity contribution in [2.45, 2.75) is 46.8 Å². The highest BCUT2D eigenvalue weighted by atomic mass is 32.1. The van der Waals surface area contributed by atoms with Crippen molar-refractivity contribution in [1.29, 1.82) is 0 Å². The van der Waals surface area contributed by atoms with E-state index in [9.17, 15) is 5.11 Å². The molecule has 0 saturated heterocycles. The van der Waals surface area contributed by atoms with Crippen LogP contribution in [0.4, 0.5) is 8.78 Å². The predicted molar refractivity (Wildman–Crippen MR) is 213 cm³/mol. The van der Waals surface area contributed by atoms with Gasteiger partial charge >= 0.3 is 0 Å². The van der Waals surface area contributed by atoms with Gasteiger partial charge in [-0.25, -0.2) is 8.78 Å². The van der Waals surface area contributed by atoms with Gasteiger partial charge in [0.15, 0.2) is 5.82 Å². The Hall–Kier alpha value is -5.85. The summed E-state index contributed by atoms with van der Waals surface area (Å²) in [6.45, 7) is 10.9. The number of ether oxygens (including phenoxy) is 4. The van der Waals surface area contributed by atoms with E-state index in [0.717, 1.165) is 39.1 Å². The maximum Gasteiger partial charge on any atom is 0.162 e. The first-order chi connectivity index (χ1) is 27.1. The number of benzene rings is 4. The molecular weight excluding hydrogens is 735 g/mol. The Kier molecular flexibility index (Phi) is 10.2. The van der Waals surface area contributed by atoms with Crippen LogP contribution in [0.5, 0.6) is 23.0 Å². The molecule has 2 aliphatic heterocycles. The van der Waals surface area contributed by atoms with Gasteiger partial charge in [0, 0.05) is 39.3 Å². The number of phenols is 1. The lowest BCUT2D eigenvalue weighted by Crippen LogP contribution is -2.18. The number of aliphatic imine (C=N–C) groups is 1. The van der Waals surface area contributed by atoms with Crippen LogP contribution in [0.1, 0.15) is 75.9 Å². The zero-order valence-corrected chi connectivity index (χ0v) is 32.4. The minimum Gasteiger partial charge on any atom is -0.508 e. The van der Waals surface area contributed by atoms with Crippen molar-refractivity contribution in [3.8, 4) is 28.0 Å². The Morgan fingerprint density at radius 1 is 0.804 bits per heavy atom. The molecular formula is C44H40F2N4O5S. The highest BCUT2D eigenvalue weighted by Gasteiger charge is 2.33. The molecule has 0 saturated carbocycles. The SMILES string of the molecule is CC1=C(c2c(F)cc(OCCOCCOc3ccc(C4=N[C@@H](C)c5nnc(C)n5-c5sc(C)c(C)c54)cc3)cc2F)[C@H](c2ccccc2)Oc2ccc(O)cc21. The molecule has 0 amide bonds. The first-order valence-corrected chi connectivity index (χ1v) is 19.2. The summed E-state index contributed by atoms with van der Waals surface area (Å²) in [7, 11) is 0. The van der Waals surface area contributed by atoms with Gasteiger partial charge in [-0.1, -0.05) is 30.3 Å². The smallest absolute Gasteiger partial charge is 0.162 e. The molecule has 6 aromatic rings. The molecule has 0 fully saturated rings. The lowest BCUT2D eigenvalue weighted by atomic mass is 9.85. The molecule has 0 radical (unpaired) electrons. The van der Waals surface area contributed by atoms with E-state index in [2.05, 4.69) is 28.6 Å². The van der Waals surface area contributed by atoms with E-state index in [0.29, 0.717) is 34.8 Å². The monoisotopic (exact) mass is 774 g/mol. The van der Waals surface area contributed by atoms with Crippen molar-refractivity contribution in [3.63, 3.8) is 0 Å². The zero-order valence-electron chi connectivity index (χ0n) is 31.6. The molecule has 1 N–H and O–H groups in total. The first-order valence-electron chi connectivity index (χ1n) is 18.4. The van der Waals surface area contributed by atoms with E-state index in [1.165, 1.54) is 34.7 Å². The molecule has 12 heteroatoms. The lowest BCUT2D eigenvalue weighted by Gasteiger charge is -2.31. The van der Waals surface area contributed by atoms with Crippen molar-refractivity contribution in [2.75, 3.05) is 26.4 Å². The molecule has 286 valence electrons. The minimum atomic E-state index is -0.788. The van der Waals surface area contributed by atoms with Crippen LogP contribution in [0.3, 0.4) is 0 Å². The highest BCUT2D eigenvalue weighted by molar-refractivity contribution is 7.15. The molecule has 2 aromatic heterocycles. The molecule has 4 heterocycles. The van der Waals surface area contributed by atoms with Gasteiger partial charge in [-0.05, 0) is 93.8 Å². The van der Waals surface area contributed by atoms with Crippen LogP contribution in [-0.4, -0.2) is 52.0 Å². The summed E-state index contributed by atoms with van der Waals surface area (Å²) in [5.41, 5.74) is 6.22. The van der Waals surface area contributed by atoms with E-state index in [1.807, 2.05) is 68.4 Å². The molecule has 4 aromatic carbocycles. The molecule has 0 spiro atoms. The van der Waals surface area contributed by atoms with E-state index in [-0.39, 0.29) is 42.9 Å². The molecule has 2 atom stereocenters. The largest absolute Gasteiger partial charge is 0.508 e. The number of halogens is 2.